The van der Waals surface area contributed by atoms with Crippen molar-refractivity contribution in [3.8, 4) is 0 Å². The van der Waals surface area contributed by atoms with E-state index in [1.54, 1.807) is 13.0 Å². The number of carboxylic acids is 1. The number of carbonyl (C=O) groups excluding carboxylic acids is 2. The minimum atomic E-state index is -1.21. The summed E-state index contributed by atoms with van der Waals surface area (Å²) >= 11 is 2.00. The molecule has 3 heterocycles. The Kier molecular flexibility index (Phi) is 8.46. The van der Waals surface area contributed by atoms with Gasteiger partial charge in [-0.3, -0.25) is 24.6 Å². The minimum absolute atomic E-state index is 0. The van der Waals surface area contributed by atoms with E-state index in [-0.39, 0.29) is 49.5 Å². The molecule has 0 aliphatic carbocycles. The van der Waals surface area contributed by atoms with Crippen molar-refractivity contribution in [3.05, 3.63) is 32.7 Å². The van der Waals surface area contributed by atoms with Crippen molar-refractivity contribution in [1.29, 1.82) is 0 Å². The number of alkyl halides is 1. The highest BCUT2D eigenvalue weighted by molar-refractivity contribution is 7.14. The van der Waals surface area contributed by atoms with E-state index >= 15 is 0 Å². The number of hydrogen-bond donors (Lipinski definition) is 2. The van der Waals surface area contributed by atoms with E-state index < -0.39 is 29.2 Å². The molecule has 0 unspecified atom stereocenters. The van der Waals surface area contributed by atoms with Crippen molar-refractivity contribution in [1.82, 2.24) is 14.8 Å². The van der Waals surface area contributed by atoms with Gasteiger partial charge < -0.3 is 10.0 Å². The molecule has 2 amide bonds. The number of aromatic nitrogens is 1. The lowest BCUT2D eigenvalue weighted by Crippen LogP contribution is -2.40. The summed E-state index contributed by atoms with van der Waals surface area (Å²) in [5.41, 5.74) is 0.350. The Morgan fingerprint density at radius 3 is 2.68 bits per heavy atom. The number of thiophene rings is 1. The van der Waals surface area contributed by atoms with Crippen LogP contribution in [-0.4, -0.2) is 70.5 Å². The van der Waals surface area contributed by atoms with E-state index in [1.807, 2.05) is 0 Å². The summed E-state index contributed by atoms with van der Waals surface area (Å²) in [5, 5.41) is 11.0. The summed E-state index contributed by atoms with van der Waals surface area (Å²) in [6.07, 6.45) is -0.0916. The number of anilines is 1. The number of likely N-dealkylation sites (N-methyl/N-ethyl adjacent to an activating group) is 1. The van der Waals surface area contributed by atoms with Crippen molar-refractivity contribution in [2.45, 2.75) is 25.6 Å². The second-order valence-electron chi connectivity index (χ2n) is 7.00. The van der Waals surface area contributed by atoms with Crippen molar-refractivity contribution in [2.24, 2.45) is 0 Å². The lowest BCUT2D eigenvalue weighted by Gasteiger charge is -2.25. The topological polar surface area (TPSA) is 103 Å². The number of likely N-dealkylation sites (tertiary alicyclic amines) is 1. The van der Waals surface area contributed by atoms with Crippen LogP contribution in [0.2, 0.25) is 0 Å². The maximum absolute atomic E-state index is 14.2. The largest absolute Gasteiger partial charge is 0.480 e. The molecular weight excluding hydrogens is 474 g/mol. The zero-order valence-corrected chi connectivity index (χ0v) is 19.1. The Bertz CT molecular complexity index is 970. The highest BCUT2D eigenvalue weighted by Crippen LogP contribution is 2.38. The highest BCUT2D eigenvalue weighted by Gasteiger charge is 2.38. The number of rotatable bonds is 7. The average molecular weight is 495 g/mol. The van der Waals surface area contributed by atoms with E-state index in [9.17, 15) is 23.2 Å². The number of halogens is 3. The van der Waals surface area contributed by atoms with Gasteiger partial charge in [0.25, 0.3) is 5.91 Å². The molecule has 1 aliphatic heterocycles. The molecule has 0 saturated carbocycles. The molecule has 2 aromatic heterocycles. The normalized spacial score (nSPS) is 18.2. The predicted octanol–water partition coefficient (Wildman–Crippen LogP) is 2.95. The van der Waals surface area contributed by atoms with Crippen molar-refractivity contribution < 1.29 is 28.3 Å². The van der Waals surface area contributed by atoms with Crippen LogP contribution in [0.4, 0.5) is 13.9 Å². The molecular formula is C18H21ClF2N4O4S2. The van der Waals surface area contributed by atoms with Gasteiger partial charge in [0.15, 0.2) is 10.3 Å². The van der Waals surface area contributed by atoms with Crippen molar-refractivity contribution >= 4 is 58.0 Å². The number of hydrogen-bond acceptors (Lipinski definition) is 7. The van der Waals surface area contributed by atoms with Gasteiger partial charge in [0.1, 0.15) is 6.17 Å². The second-order valence-corrected chi connectivity index (χ2v) is 9.27. The van der Waals surface area contributed by atoms with Crippen LogP contribution in [0.5, 0.6) is 0 Å². The lowest BCUT2D eigenvalue weighted by molar-refractivity contribution is -0.139. The van der Waals surface area contributed by atoms with E-state index in [0.717, 1.165) is 6.20 Å². The van der Waals surface area contributed by atoms with Gasteiger partial charge in [0, 0.05) is 16.2 Å². The first-order chi connectivity index (χ1) is 14.1. The molecule has 170 valence electrons. The Morgan fingerprint density at radius 2 is 2.06 bits per heavy atom. The first kappa shape index (κ1) is 25.1. The fourth-order valence-electron chi connectivity index (χ4n) is 3.31. The summed E-state index contributed by atoms with van der Waals surface area (Å²) < 4.78 is 27.2. The molecule has 0 spiro atoms. The van der Waals surface area contributed by atoms with Crippen LogP contribution >= 0.6 is 35.1 Å². The second kappa shape index (κ2) is 10.4. The monoisotopic (exact) mass is 494 g/mol. The van der Waals surface area contributed by atoms with Gasteiger partial charge >= 0.3 is 5.97 Å². The summed E-state index contributed by atoms with van der Waals surface area (Å²) in [6.45, 7) is 1.20. The molecule has 31 heavy (non-hydrogen) atoms. The van der Waals surface area contributed by atoms with Crippen LogP contribution in [0.15, 0.2) is 12.3 Å². The highest BCUT2D eigenvalue weighted by atomic mass is 35.5. The molecule has 0 aromatic carbocycles. The van der Waals surface area contributed by atoms with Crippen LogP contribution in [0.3, 0.4) is 0 Å². The Labute approximate surface area is 191 Å². The number of nitrogens with one attached hydrogen (secondary N) is 1. The summed E-state index contributed by atoms with van der Waals surface area (Å²) in [6, 6.07) is 1.08. The molecule has 8 nitrogen and oxygen atoms in total. The third kappa shape index (κ3) is 6.19. The molecule has 2 aromatic rings. The first-order valence-electron chi connectivity index (χ1n) is 9.01. The molecule has 1 aliphatic rings. The first-order valence-corrected chi connectivity index (χ1v) is 10.6. The molecule has 0 bridgehead atoms. The number of nitrogens with zero attached hydrogens (tertiary/aromatic N) is 3. The SMILES string of the molecule is Cc1sc([C@@H]2C[C@@H](F)CN2C(=O)CN(C)CC(=O)O)cc1C(=O)Nc1ncc(F)s1.Cl. The van der Waals surface area contributed by atoms with Gasteiger partial charge in [-0.25, -0.2) is 9.37 Å². The predicted molar refractivity (Wildman–Crippen MR) is 115 cm³/mol. The third-order valence-electron chi connectivity index (χ3n) is 4.59. The maximum Gasteiger partial charge on any atom is 0.317 e. The fourth-order valence-corrected chi connectivity index (χ4v) is 5.00. The molecule has 2 atom stereocenters. The molecule has 2 N–H and O–H groups in total. The number of amides is 2. The lowest BCUT2D eigenvalue weighted by atomic mass is 10.1. The van der Waals surface area contributed by atoms with Gasteiger partial charge in [-0.1, -0.05) is 11.3 Å². The molecule has 0 radical (unpaired) electrons. The molecule has 1 fully saturated rings. The van der Waals surface area contributed by atoms with Crippen LogP contribution in [0.1, 0.15) is 32.6 Å². The zero-order chi connectivity index (χ0) is 22.0. The Morgan fingerprint density at radius 1 is 1.35 bits per heavy atom. The Hall–Kier alpha value is -2.15. The van der Waals surface area contributed by atoms with Crippen LogP contribution in [-0.2, 0) is 9.59 Å². The van der Waals surface area contributed by atoms with Crippen LogP contribution in [0.25, 0.3) is 0 Å². The summed E-state index contributed by atoms with van der Waals surface area (Å²) in [7, 11) is 1.50. The number of thiazole rings is 1. The van der Waals surface area contributed by atoms with Gasteiger partial charge in [-0.2, -0.15) is 4.39 Å². The summed E-state index contributed by atoms with van der Waals surface area (Å²) in [5.74, 6) is -1.89. The number of aryl methyl sites for hydroxylation is 1. The van der Waals surface area contributed by atoms with Crippen LogP contribution in [0, 0.1) is 12.1 Å². The molecule has 13 heteroatoms. The number of carboxylic acid groups (broad SMARTS) is 1. The number of carbonyl (C=O) groups is 3. The zero-order valence-electron chi connectivity index (χ0n) is 16.6. The maximum atomic E-state index is 14.2. The standard InChI is InChI=1S/C18H20F2N4O4S2.ClH/c1-9-11(17(28)22-18-21-5-14(20)30-18)4-13(29-9)12-3-10(19)6-24(12)15(25)7-23(2)8-16(26)27;/h4-5,10,12H,3,6-8H2,1-2H3,(H,26,27)(H,21,22,28);1H/t10-,12+;/m1./s1. The van der Waals surface area contributed by atoms with Gasteiger partial charge in [-0.05, 0) is 20.0 Å². The van der Waals surface area contributed by atoms with Gasteiger partial charge in [-0.15, -0.1) is 23.7 Å². The van der Waals surface area contributed by atoms with Gasteiger partial charge in [0.05, 0.1) is 37.4 Å². The summed E-state index contributed by atoms with van der Waals surface area (Å²) in [4.78, 5) is 43.8. The van der Waals surface area contributed by atoms with Crippen molar-refractivity contribution in [3.63, 3.8) is 0 Å². The van der Waals surface area contributed by atoms with Gasteiger partial charge in [0.2, 0.25) is 5.91 Å². The van der Waals surface area contributed by atoms with E-state index in [2.05, 4.69) is 10.3 Å². The third-order valence-corrected chi connectivity index (χ3v) is 6.44. The van der Waals surface area contributed by atoms with E-state index in [0.29, 0.717) is 26.7 Å². The minimum Gasteiger partial charge on any atom is -0.480 e. The molecule has 3 rings (SSSR count). The number of aliphatic carboxylic acids is 1. The van der Waals surface area contributed by atoms with E-state index in [1.165, 1.54) is 28.2 Å². The quantitative estimate of drug-likeness (QED) is 0.613. The fraction of sp³-hybridized carbons (Fsp3) is 0.444. The van der Waals surface area contributed by atoms with E-state index in [4.69, 9.17) is 5.11 Å². The van der Waals surface area contributed by atoms with Crippen molar-refractivity contribution in [2.75, 3.05) is 32.0 Å². The Balaban J connectivity index is 0.00000341. The smallest absolute Gasteiger partial charge is 0.317 e. The average Bonchev–Trinajstić information content (AvgIpc) is 3.32. The van der Waals surface area contributed by atoms with Crippen LogP contribution < -0.4 is 5.32 Å². The molecule has 1 saturated heterocycles.